The van der Waals surface area contributed by atoms with E-state index in [1.165, 1.54) is 38.8 Å². The number of hydrogen-bond acceptors (Lipinski definition) is 4. The first-order valence-corrected chi connectivity index (χ1v) is 7.60. The van der Waals surface area contributed by atoms with Gasteiger partial charge in [0.1, 0.15) is 5.82 Å². The Morgan fingerprint density at radius 2 is 1.95 bits per heavy atom. The first-order valence-electron chi connectivity index (χ1n) is 7.22. The second-order valence-corrected chi connectivity index (χ2v) is 5.96. The zero-order valence-corrected chi connectivity index (χ0v) is 12.2. The van der Waals surface area contributed by atoms with Crippen LogP contribution in [0.3, 0.4) is 0 Å². The van der Waals surface area contributed by atoms with Gasteiger partial charge in [0.15, 0.2) is 0 Å². The Hall–Kier alpha value is -0.870. The van der Waals surface area contributed by atoms with E-state index in [0.29, 0.717) is 11.3 Å². The summed E-state index contributed by atoms with van der Waals surface area (Å²) in [6.45, 7) is 6.65. The summed E-state index contributed by atoms with van der Waals surface area (Å²) in [6, 6.07) is 2.72. The van der Waals surface area contributed by atoms with E-state index in [9.17, 15) is 0 Å². The number of aryl methyl sites for hydroxylation is 1. The molecule has 3 rings (SSSR count). The van der Waals surface area contributed by atoms with Gasteiger partial charge in [-0.2, -0.15) is 0 Å². The topological polar surface area (TPSA) is 32.3 Å². The highest BCUT2D eigenvalue weighted by Gasteiger charge is 2.29. The third-order valence-electron chi connectivity index (χ3n) is 4.21. The minimum atomic E-state index is 0.358. The van der Waals surface area contributed by atoms with Crippen LogP contribution in [-0.2, 0) is 0 Å². The lowest BCUT2D eigenvalue weighted by molar-refractivity contribution is 0.175. The third-order valence-corrected chi connectivity index (χ3v) is 4.38. The average molecular weight is 281 g/mol. The molecular formula is C14H21ClN4. The van der Waals surface area contributed by atoms with Crippen LogP contribution in [0.4, 0.5) is 5.82 Å². The molecule has 0 radical (unpaired) electrons. The number of nitrogens with zero attached hydrogens (tertiary/aromatic N) is 4. The molecule has 2 aliphatic rings. The first-order chi connectivity index (χ1) is 9.22. The minimum Gasteiger partial charge on any atom is -0.355 e. The van der Waals surface area contributed by atoms with Crippen molar-refractivity contribution in [3.05, 3.63) is 17.0 Å². The van der Waals surface area contributed by atoms with Crippen LogP contribution in [0.25, 0.3) is 0 Å². The molecule has 1 aromatic rings. The lowest BCUT2D eigenvalue weighted by atomic mass is 10.1. The van der Waals surface area contributed by atoms with Crippen LogP contribution in [-0.4, -0.2) is 47.1 Å². The number of halogens is 1. The summed E-state index contributed by atoms with van der Waals surface area (Å²) in [6.07, 6.45) is 5.35. The summed E-state index contributed by atoms with van der Waals surface area (Å²) < 4.78 is 0. The van der Waals surface area contributed by atoms with Crippen molar-refractivity contribution in [2.24, 2.45) is 0 Å². The van der Waals surface area contributed by atoms with Gasteiger partial charge >= 0.3 is 0 Å². The molecule has 1 atom stereocenters. The lowest BCUT2D eigenvalue weighted by Gasteiger charge is -2.32. The predicted octanol–water partition coefficient (Wildman–Crippen LogP) is 2.50. The highest BCUT2D eigenvalue weighted by Crippen LogP contribution is 2.24. The number of rotatable bonds is 2. The Morgan fingerprint density at radius 3 is 2.68 bits per heavy atom. The second kappa shape index (κ2) is 5.63. The molecule has 19 heavy (non-hydrogen) atoms. The molecule has 0 amide bonds. The largest absolute Gasteiger partial charge is 0.355 e. The second-order valence-electron chi connectivity index (χ2n) is 5.62. The van der Waals surface area contributed by atoms with Crippen LogP contribution in [0.2, 0.25) is 5.28 Å². The van der Waals surface area contributed by atoms with E-state index < -0.39 is 0 Å². The molecular weight excluding hydrogens is 260 g/mol. The van der Waals surface area contributed by atoms with Gasteiger partial charge < -0.3 is 4.90 Å². The Kier molecular flexibility index (Phi) is 3.89. The molecule has 0 aromatic carbocycles. The molecule has 2 aliphatic heterocycles. The van der Waals surface area contributed by atoms with E-state index in [1.807, 2.05) is 13.0 Å². The van der Waals surface area contributed by atoms with Crippen LogP contribution in [0.5, 0.6) is 0 Å². The van der Waals surface area contributed by atoms with Gasteiger partial charge in [-0.3, -0.25) is 4.90 Å². The van der Waals surface area contributed by atoms with Crippen molar-refractivity contribution in [2.75, 3.05) is 31.1 Å². The number of anilines is 1. The molecule has 4 nitrogen and oxygen atoms in total. The molecule has 0 bridgehead atoms. The fourth-order valence-electron chi connectivity index (χ4n) is 3.21. The minimum absolute atomic E-state index is 0.358. The van der Waals surface area contributed by atoms with E-state index in [-0.39, 0.29) is 0 Å². The molecule has 0 saturated carbocycles. The maximum atomic E-state index is 5.95. The predicted molar refractivity (Wildman–Crippen MR) is 77.8 cm³/mol. The normalized spacial score (nSPS) is 24.9. The van der Waals surface area contributed by atoms with Crippen molar-refractivity contribution < 1.29 is 0 Å². The quantitative estimate of drug-likeness (QED) is 0.779. The van der Waals surface area contributed by atoms with Gasteiger partial charge in [-0.1, -0.05) is 6.42 Å². The van der Waals surface area contributed by atoms with Crippen LogP contribution in [0.1, 0.15) is 31.4 Å². The molecule has 2 fully saturated rings. The highest BCUT2D eigenvalue weighted by atomic mass is 35.5. The van der Waals surface area contributed by atoms with Crippen LogP contribution >= 0.6 is 11.6 Å². The van der Waals surface area contributed by atoms with Gasteiger partial charge in [0, 0.05) is 30.9 Å². The summed E-state index contributed by atoms with van der Waals surface area (Å²) >= 11 is 5.95. The fourth-order valence-corrected chi connectivity index (χ4v) is 3.43. The van der Waals surface area contributed by atoms with Crippen LogP contribution < -0.4 is 4.90 Å². The first kappa shape index (κ1) is 13.1. The van der Waals surface area contributed by atoms with Crippen molar-refractivity contribution in [1.29, 1.82) is 0 Å². The summed E-state index contributed by atoms with van der Waals surface area (Å²) in [5, 5.41) is 0.358. The summed E-state index contributed by atoms with van der Waals surface area (Å²) in [5.74, 6) is 0.983. The number of hydrogen-bond donors (Lipinski definition) is 0. The van der Waals surface area contributed by atoms with E-state index in [2.05, 4.69) is 19.8 Å². The number of aromatic nitrogens is 2. The monoisotopic (exact) mass is 280 g/mol. The third kappa shape index (κ3) is 3.00. The molecule has 1 aromatic heterocycles. The summed E-state index contributed by atoms with van der Waals surface area (Å²) in [4.78, 5) is 13.5. The maximum Gasteiger partial charge on any atom is 0.224 e. The van der Waals surface area contributed by atoms with Gasteiger partial charge in [0.2, 0.25) is 5.28 Å². The lowest BCUT2D eigenvalue weighted by Crippen LogP contribution is -2.41. The van der Waals surface area contributed by atoms with Gasteiger partial charge in [0.05, 0.1) is 0 Å². The van der Waals surface area contributed by atoms with E-state index in [1.54, 1.807) is 0 Å². The van der Waals surface area contributed by atoms with Crippen molar-refractivity contribution >= 4 is 17.4 Å². The maximum absolute atomic E-state index is 5.95. The number of piperidine rings is 1. The van der Waals surface area contributed by atoms with Gasteiger partial charge in [-0.25, -0.2) is 9.97 Å². The molecule has 2 saturated heterocycles. The fraction of sp³-hybridized carbons (Fsp3) is 0.714. The Labute approximate surface area is 119 Å². The number of likely N-dealkylation sites (tertiary alicyclic amines) is 1. The molecule has 1 unspecified atom stereocenters. The molecule has 3 heterocycles. The van der Waals surface area contributed by atoms with Gasteiger partial charge in [-0.05, 0) is 50.9 Å². The van der Waals surface area contributed by atoms with Gasteiger partial charge in [-0.15, -0.1) is 0 Å². The molecule has 0 aliphatic carbocycles. The standard InChI is InChI=1S/C14H21ClN4/c1-11-9-13(17-14(15)16-11)19-8-5-12(10-19)18-6-3-2-4-7-18/h9,12H,2-8,10H2,1H3. The average Bonchev–Trinajstić information content (AvgIpc) is 2.88. The Balaban J connectivity index is 1.67. The molecule has 0 N–H and O–H groups in total. The van der Waals surface area contributed by atoms with E-state index >= 15 is 0 Å². The van der Waals surface area contributed by atoms with Crippen molar-refractivity contribution in [2.45, 2.75) is 38.6 Å². The Bertz CT molecular complexity index is 425. The SMILES string of the molecule is Cc1cc(N2CCC(N3CCCCC3)C2)nc(Cl)n1. The smallest absolute Gasteiger partial charge is 0.224 e. The van der Waals surface area contributed by atoms with Crippen LogP contribution in [0.15, 0.2) is 6.07 Å². The van der Waals surface area contributed by atoms with E-state index in [0.717, 1.165) is 24.6 Å². The molecule has 104 valence electrons. The zero-order valence-electron chi connectivity index (χ0n) is 11.5. The summed E-state index contributed by atoms with van der Waals surface area (Å²) in [5.41, 5.74) is 0.941. The Morgan fingerprint density at radius 1 is 1.16 bits per heavy atom. The summed E-state index contributed by atoms with van der Waals surface area (Å²) in [7, 11) is 0. The van der Waals surface area contributed by atoms with Crippen molar-refractivity contribution in [3.8, 4) is 0 Å². The zero-order chi connectivity index (χ0) is 13.2. The highest BCUT2D eigenvalue weighted by molar-refractivity contribution is 6.28. The molecule has 0 spiro atoms. The van der Waals surface area contributed by atoms with E-state index in [4.69, 9.17) is 11.6 Å². The van der Waals surface area contributed by atoms with Crippen LogP contribution in [0, 0.1) is 6.92 Å². The van der Waals surface area contributed by atoms with Gasteiger partial charge in [0.25, 0.3) is 0 Å². The molecule has 5 heteroatoms. The van der Waals surface area contributed by atoms with Crippen molar-refractivity contribution in [1.82, 2.24) is 14.9 Å². The van der Waals surface area contributed by atoms with Crippen molar-refractivity contribution in [3.63, 3.8) is 0 Å².